The van der Waals surface area contributed by atoms with Crippen molar-refractivity contribution in [3.8, 4) is 0 Å². The lowest BCUT2D eigenvalue weighted by Gasteiger charge is -2.36. The highest BCUT2D eigenvalue weighted by Crippen LogP contribution is 2.32. The maximum atomic E-state index is 13.4. The summed E-state index contributed by atoms with van der Waals surface area (Å²) in [6.45, 7) is 8.10. The molecule has 1 aromatic heterocycles. The fourth-order valence-electron chi connectivity index (χ4n) is 4.69. The van der Waals surface area contributed by atoms with Crippen LogP contribution in [0.25, 0.3) is 0 Å². The molecule has 2 aliphatic rings. The van der Waals surface area contributed by atoms with Crippen LogP contribution in [0.5, 0.6) is 0 Å². The number of rotatable bonds is 10. The van der Waals surface area contributed by atoms with Gasteiger partial charge < -0.3 is 15.1 Å². The molecule has 1 aliphatic carbocycles. The van der Waals surface area contributed by atoms with E-state index >= 15 is 0 Å². The monoisotopic (exact) mass is 471 g/mol. The molecule has 1 N–H and O–H groups in total. The molecule has 1 aromatic rings. The highest BCUT2D eigenvalue weighted by molar-refractivity contribution is 7.09. The van der Waals surface area contributed by atoms with Crippen molar-refractivity contribution in [1.82, 2.24) is 15.1 Å². The largest absolute Gasteiger partial charge is 0.351 e. The van der Waals surface area contributed by atoms with Gasteiger partial charge >= 0.3 is 0 Å². The summed E-state index contributed by atoms with van der Waals surface area (Å²) in [5.74, 6) is -0.708. The Balaban J connectivity index is 1.75. The molecule has 0 saturated carbocycles. The van der Waals surface area contributed by atoms with Crippen LogP contribution in [0.4, 0.5) is 0 Å². The number of carbonyl (C=O) groups is 3. The van der Waals surface area contributed by atoms with Crippen molar-refractivity contribution in [2.24, 2.45) is 5.92 Å². The maximum Gasteiger partial charge on any atom is 0.251 e. The summed E-state index contributed by atoms with van der Waals surface area (Å²) in [5, 5.41) is 4.91. The first-order chi connectivity index (χ1) is 15.9. The van der Waals surface area contributed by atoms with Crippen molar-refractivity contribution in [2.75, 3.05) is 19.6 Å². The Labute approximate surface area is 201 Å². The second-order valence-corrected chi connectivity index (χ2v) is 9.88. The molecule has 0 aromatic carbocycles. The van der Waals surface area contributed by atoms with Crippen molar-refractivity contribution in [3.63, 3.8) is 0 Å². The van der Waals surface area contributed by atoms with Gasteiger partial charge in [0.15, 0.2) is 0 Å². The smallest absolute Gasteiger partial charge is 0.251 e. The maximum absolute atomic E-state index is 13.4. The van der Waals surface area contributed by atoms with E-state index in [1.165, 1.54) is 18.4 Å². The molecule has 1 atom stereocenters. The van der Waals surface area contributed by atoms with Gasteiger partial charge in [-0.15, -0.1) is 11.3 Å². The van der Waals surface area contributed by atoms with Crippen molar-refractivity contribution in [1.29, 1.82) is 0 Å². The summed E-state index contributed by atoms with van der Waals surface area (Å²) in [6.07, 6.45) is 8.18. The Morgan fingerprint density at radius 3 is 2.67 bits per heavy atom. The third-order valence-corrected chi connectivity index (χ3v) is 7.61. The lowest BCUT2D eigenvalue weighted by molar-refractivity contribution is -0.138. The quantitative estimate of drug-likeness (QED) is 0.506. The van der Waals surface area contributed by atoms with Gasteiger partial charge in [-0.05, 0) is 70.7 Å². The fourth-order valence-corrected chi connectivity index (χ4v) is 5.34. The van der Waals surface area contributed by atoms with E-state index in [1.807, 2.05) is 38.3 Å². The SMILES string of the molecule is CCN(CC)C(=O)C1=C(C)N(CCC2=CCCCC2)C(=O)C(CC(=O)NCc2cccs2)C1. The van der Waals surface area contributed by atoms with Gasteiger partial charge in [-0.2, -0.15) is 0 Å². The van der Waals surface area contributed by atoms with Gasteiger partial charge in [-0.3, -0.25) is 14.4 Å². The number of likely N-dealkylation sites (N-methyl/N-ethyl adjacent to an activating group) is 1. The van der Waals surface area contributed by atoms with Gasteiger partial charge in [0, 0.05) is 42.2 Å². The molecule has 0 fully saturated rings. The van der Waals surface area contributed by atoms with E-state index in [2.05, 4.69) is 11.4 Å². The number of amides is 3. The molecule has 6 nitrogen and oxygen atoms in total. The molecular formula is C26H37N3O3S. The Bertz CT molecular complexity index is 900. The van der Waals surface area contributed by atoms with E-state index in [-0.39, 0.29) is 24.1 Å². The van der Waals surface area contributed by atoms with Crippen LogP contribution in [0, 0.1) is 5.92 Å². The summed E-state index contributed by atoms with van der Waals surface area (Å²) in [7, 11) is 0. The van der Waals surface area contributed by atoms with Crippen LogP contribution in [0.2, 0.25) is 0 Å². The molecule has 3 rings (SSSR count). The standard InChI is InChI=1S/C26H37N3O3S/c1-4-28(5-2)26(32)23-16-21(17-24(30)27-18-22-12-9-15-33-22)25(31)29(19(23)3)14-13-20-10-7-6-8-11-20/h9-10,12,15,21H,4-8,11,13-14,16-18H2,1-3H3,(H,27,30). The zero-order valence-corrected chi connectivity index (χ0v) is 21.0. The Kier molecular flexibility index (Phi) is 9.30. The summed E-state index contributed by atoms with van der Waals surface area (Å²) in [5.41, 5.74) is 2.82. The molecule has 3 amide bonds. The predicted molar refractivity (Wildman–Crippen MR) is 132 cm³/mol. The average molecular weight is 472 g/mol. The van der Waals surface area contributed by atoms with E-state index < -0.39 is 5.92 Å². The number of carbonyl (C=O) groups excluding carboxylic acids is 3. The number of hydrogen-bond acceptors (Lipinski definition) is 4. The van der Waals surface area contributed by atoms with Crippen LogP contribution in [-0.2, 0) is 20.9 Å². The van der Waals surface area contributed by atoms with Crippen LogP contribution < -0.4 is 5.32 Å². The Hall–Kier alpha value is -2.41. The van der Waals surface area contributed by atoms with Gasteiger partial charge in [0.25, 0.3) is 5.91 Å². The van der Waals surface area contributed by atoms with Crippen LogP contribution in [0.1, 0.15) is 70.6 Å². The van der Waals surface area contributed by atoms with E-state index in [0.717, 1.165) is 29.8 Å². The summed E-state index contributed by atoms with van der Waals surface area (Å²) >= 11 is 1.59. The topological polar surface area (TPSA) is 69.7 Å². The molecule has 0 saturated heterocycles. The van der Waals surface area contributed by atoms with Crippen LogP contribution in [0.3, 0.4) is 0 Å². The molecule has 0 bridgehead atoms. The predicted octanol–water partition coefficient (Wildman–Crippen LogP) is 4.64. The summed E-state index contributed by atoms with van der Waals surface area (Å²) < 4.78 is 0. The third-order valence-electron chi connectivity index (χ3n) is 6.73. The number of thiophene rings is 1. The molecule has 0 radical (unpaired) electrons. The lowest BCUT2D eigenvalue weighted by Crippen LogP contribution is -2.45. The zero-order valence-electron chi connectivity index (χ0n) is 20.2. The minimum Gasteiger partial charge on any atom is -0.351 e. The van der Waals surface area contributed by atoms with Crippen LogP contribution in [-0.4, -0.2) is 47.2 Å². The normalized spacial score (nSPS) is 18.9. The highest BCUT2D eigenvalue weighted by Gasteiger charge is 2.37. The third kappa shape index (κ3) is 6.56. The average Bonchev–Trinajstić information content (AvgIpc) is 3.34. The van der Waals surface area contributed by atoms with E-state index in [0.29, 0.717) is 38.2 Å². The number of nitrogens with zero attached hydrogens (tertiary/aromatic N) is 2. The lowest BCUT2D eigenvalue weighted by atomic mass is 9.87. The minimum absolute atomic E-state index is 0.0177. The first-order valence-corrected chi connectivity index (χ1v) is 13.1. The van der Waals surface area contributed by atoms with Gasteiger partial charge in [-0.1, -0.05) is 17.7 Å². The van der Waals surface area contributed by atoms with Crippen molar-refractivity contribution >= 4 is 29.1 Å². The second kappa shape index (κ2) is 12.2. The fraction of sp³-hybridized carbons (Fsp3) is 0.577. The molecule has 2 heterocycles. The first-order valence-electron chi connectivity index (χ1n) is 12.2. The van der Waals surface area contributed by atoms with Gasteiger partial charge in [0.2, 0.25) is 11.8 Å². The van der Waals surface area contributed by atoms with E-state index in [1.54, 1.807) is 21.1 Å². The van der Waals surface area contributed by atoms with E-state index in [9.17, 15) is 14.4 Å². The molecule has 1 unspecified atom stereocenters. The summed E-state index contributed by atoms with van der Waals surface area (Å²) in [6, 6.07) is 3.93. The first kappa shape index (κ1) is 25.2. The molecule has 33 heavy (non-hydrogen) atoms. The zero-order chi connectivity index (χ0) is 23.8. The van der Waals surface area contributed by atoms with Crippen LogP contribution >= 0.6 is 11.3 Å². The van der Waals surface area contributed by atoms with Crippen LogP contribution in [0.15, 0.2) is 40.4 Å². The van der Waals surface area contributed by atoms with Crippen molar-refractivity contribution in [3.05, 3.63) is 45.3 Å². The Morgan fingerprint density at radius 1 is 1.24 bits per heavy atom. The molecule has 180 valence electrons. The van der Waals surface area contributed by atoms with Gasteiger partial charge in [0.1, 0.15) is 0 Å². The Morgan fingerprint density at radius 2 is 2.03 bits per heavy atom. The number of hydrogen-bond donors (Lipinski definition) is 1. The molecule has 0 spiro atoms. The van der Waals surface area contributed by atoms with Crippen molar-refractivity contribution in [2.45, 2.75) is 72.3 Å². The highest BCUT2D eigenvalue weighted by atomic mass is 32.1. The van der Waals surface area contributed by atoms with Crippen molar-refractivity contribution < 1.29 is 14.4 Å². The number of nitrogens with one attached hydrogen (secondary N) is 1. The second-order valence-electron chi connectivity index (χ2n) is 8.85. The molecular weight excluding hydrogens is 434 g/mol. The molecule has 1 aliphatic heterocycles. The number of allylic oxidation sites excluding steroid dienone is 2. The van der Waals surface area contributed by atoms with Gasteiger partial charge in [-0.25, -0.2) is 0 Å². The van der Waals surface area contributed by atoms with E-state index in [4.69, 9.17) is 0 Å². The summed E-state index contributed by atoms with van der Waals surface area (Å²) in [4.78, 5) is 44.0. The van der Waals surface area contributed by atoms with Gasteiger partial charge in [0.05, 0.1) is 12.5 Å². The molecule has 7 heteroatoms. The minimum atomic E-state index is -0.508.